The van der Waals surface area contributed by atoms with E-state index in [1.165, 1.54) is 0 Å². The minimum absolute atomic E-state index is 0.131. The van der Waals surface area contributed by atoms with Crippen LogP contribution >= 0.6 is 0 Å². The number of amides is 2. The summed E-state index contributed by atoms with van der Waals surface area (Å²) in [5.41, 5.74) is 6.09. The van der Waals surface area contributed by atoms with Crippen LogP contribution in [0.5, 0.6) is 0 Å². The zero-order valence-electron chi connectivity index (χ0n) is 8.29. The summed E-state index contributed by atoms with van der Waals surface area (Å²) in [5.74, 6) is 0. The Labute approximate surface area is 78.7 Å². The van der Waals surface area contributed by atoms with Crippen LogP contribution in [-0.4, -0.2) is 49.1 Å². The van der Waals surface area contributed by atoms with Gasteiger partial charge in [0.05, 0.1) is 0 Å². The van der Waals surface area contributed by atoms with Gasteiger partial charge in [-0.25, -0.2) is 4.79 Å². The number of urea groups is 1. The van der Waals surface area contributed by atoms with Gasteiger partial charge < -0.3 is 15.5 Å². The van der Waals surface area contributed by atoms with Crippen LogP contribution in [0.4, 0.5) is 4.79 Å². The molecular weight excluding hydrogens is 166 g/mol. The zero-order chi connectivity index (χ0) is 9.64. The van der Waals surface area contributed by atoms with Gasteiger partial charge in [-0.1, -0.05) is 0 Å². The first-order valence-electron chi connectivity index (χ1n) is 4.74. The van der Waals surface area contributed by atoms with E-state index in [-0.39, 0.29) is 6.03 Å². The lowest BCUT2D eigenvalue weighted by Gasteiger charge is -2.53. The number of hydrogen-bond acceptors (Lipinski definition) is 2. The van der Waals surface area contributed by atoms with E-state index in [1.54, 1.807) is 9.80 Å². The average molecular weight is 183 g/mol. The largest absolute Gasteiger partial charge is 0.328 e. The second-order valence-electron chi connectivity index (χ2n) is 4.66. The van der Waals surface area contributed by atoms with Gasteiger partial charge in [0.25, 0.3) is 0 Å². The lowest BCUT2D eigenvalue weighted by atomic mass is 9.64. The molecule has 4 nitrogen and oxygen atoms in total. The van der Waals surface area contributed by atoms with Crippen molar-refractivity contribution >= 4 is 6.03 Å². The van der Waals surface area contributed by atoms with Crippen LogP contribution in [0.3, 0.4) is 0 Å². The number of hydrogen-bond donors (Lipinski definition) is 1. The Bertz CT molecular complexity index is 219. The summed E-state index contributed by atoms with van der Waals surface area (Å²) < 4.78 is 0. The molecule has 2 fully saturated rings. The molecule has 2 rings (SSSR count). The van der Waals surface area contributed by atoms with Crippen molar-refractivity contribution in [2.24, 2.45) is 11.1 Å². The van der Waals surface area contributed by atoms with Crippen LogP contribution in [-0.2, 0) is 0 Å². The maximum atomic E-state index is 11.5. The van der Waals surface area contributed by atoms with E-state index in [4.69, 9.17) is 5.73 Å². The van der Waals surface area contributed by atoms with Gasteiger partial charge in [-0.3, -0.25) is 0 Å². The van der Waals surface area contributed by atoms with Crippen molar-refractivity contribution in [3.63, 3.8) is 0 Å². The summed E-state index contributed by atoms with van der Waals surface area (Å²) in [7, 11) is 3.73. The number of nitrogens with zero attached hydrogens (tertiary/aromatic N) is 2. The summed E-state index contributed by atoms with van der Waals surface area (Å²) in [6, 6.07) is 0.487. The number of nitrogens with two attached hydrogens (primary N) is 1. The monoisotopic (exact) mass is 183 g/mol. The predicted molar refractivity (Wildman–Crippen MR) is 50.3 cm³/mol. The Morgan fingerprint density at radius 3 is 2.15 bits per heavy atom. The molecule has 1 saturated carbocycles. The van der Waals surface area contributed by atoms with Crippen molar-refractivity contribution in [3.05, 3.63) is 0 Å². The molecule has 0 aromatic rings. The van der Waals surface area contributed by atoms with E-state index >= 15 is 0 Å². The average Bonchev–Trinajstić information content (AvgIpc) is 1.97. The molecular formula is C9H17N3O. The number of carbonyl (C=O) groups is 1. The smallest absolute Gasteiger partial charge is 0.319 e. The van der Waals surface area contributed by atoms with Gasteiger partial charge >= 0.3 is 6.03 Å². The summed E-state index contributed by atoms with van der Waals surface area (Å²) in [4.78, 5) is 15.1. The van der Waals surface area contributed by atoms with Crippen molar-refractivity contribution in [1.82, 2.24) is 9.80 Å². The molecule has 74 valence electrons. The highest BCUT2D eigenvalue weighted by atomic mass is 16.2. The molecule has 4 heteroatoms. The van der Waals surface area contributed by atoms with Gasteiger partial charge in [-0.2, -0.15) is 0 Å². The Morgan fingerprint density at radius 1 is 1.31 bits per heavy atom. The Balaban J connectivity index is 2.06. The highest BCUT2D eigenvalue weighted by Gasteiger charge is 2.48. The third-order valence-corrected chi connectivity index (χ3v) is 3.19. The van der Waals surface area contributed by atoms with Gasteiger partial charge in [0.1, 0.15) is 0 Å². The van der Waals surface area contributed by atoms with Gasteiger partial charge in [0.15, 0.2) is 0 Å². The molecule has 1 aliphatic carbocycles. The molecule has 0 atom stereocenters. The normalized spacial score (nSPS) is 28.1. The molecule has 1 saturated heterocycles. The molecule has 1 aliphatic heterocycles. The van der Waals surface area contributed by atoms with Gasteiger partial charge in [0.2, 0.25) is 0 Å². The second-order valence-corrected chi connectivity index (χ2v) is 4.66. The Morgan fingerprint density at radius 2 is 1.77 bits per heavy atom. The highest BCUT2D eigenvalue weighted by Crippen LogP contribution is 2.43. The Hall–Kier alpha value is -0.770. The standard InChI is InChI=1S/C9H17N3O/c1-11-5-9(3-7(10)4-9)6-12(2)8(11)13/h7H,3-6,10H2,1-2H3. The highest BCUT2D eigenvalue weighted by molar-refractivity contribution is 5.75. The van der Waals surface area contributed by atoms with Crippen LogP contribution in [0.1, 0.15) is 12.8 Å². The van der Waals surface area contributed by atoms with Crippen molar-refractivity contribution in [2.75, 3.05) is 27.2 Å². The van der Waals surface area contributed by atoms with Crippen LogP contribution < -0.4 is 5.73 Å². The van der Waals surface area contributed by atoms with E-state index in [0.717, 1.165) is 25.9 Å². The van der Waals surface area contributed by atoms with E-state index in [0.29, 0.717) is 11.5 Å². The van der Waals surface area contributed by atoms with E-state index in [1.807, 2.05) is 14.1 Å². The van der Waals surface area contributed by atoms with E-state index in [2.05, 4.69) is 0 Å². The zero-order valence-corrected chi connectivity index (χ0v) is 8.29. The summed E-state index contributed by atoms with van der Waals surface area (Å²) >= 11 is 0. The van der Waals surface area contributed by atoms with Gasteiger partial charge in [-0.15, -0.1) is 0 Å². The molecule has 0 aromatic heterocycles. The summed E-state index contributed by atoms with van der Waals surface area (Å²) in [6.45, 7) is 1.76. The topological polar surface area (TPSA) is 49.6 Å². The molecule has 13 heavy (non-hydrogen) atoms. The van der Waals surface area contributed by atoms with E-state index in [9.17, 15) is 4.79 Å². The fourth-order valence-corrected chi connectivity index (χ4v) is 2.79. The predicted octanol–water partition coefficient (Wildman–Crippen LogP) is 0.0911. The third-order valence-electron chi connectivity index (χ3n) is 3.19. The quantitative estimate of drug-likeness (QED) is 0.578. The van der Waals surface area contributed by atoms with E-state index < -0.39 is 0 Å². The number of carbonyl (C=O) groups excluding carboxylic acids is 1. The molecule has 0 bridgehead atoms. The minimum Gasteiger partial charge on any atom is -0.328 e. The first-order valence-corrected chi connectivity index (χ1v) is 4.74. The van der Waals surface area contributed by atoms with Crippen molar-refractivity contribution in [1.29, 1.82) is 0 Å². The lowest BCUT2D eigenvalue weighted by molar-refractivity contribution is 0.00605. The van der Waals surface area contributed by atoms with Crippen LogP contribution in [0, 0.1) is 5.41 Å². The molecule has 2 N–H and O–H groups in total. The molecule has 1 spiro atoms. The van der Waals surface area contributed by atoms with Crippen LogP contribution in [0.15, 0.2) is 0 Å². The minimum atomic E-state index is 0.131. The summed E-state index contributed by atoms with van der Waals surface area (Å²) in [5, 5.41) is 0. The maximum Gasteiger partial charge on any atom is 0.319 e. The lowest BCUT2D eigenvalue weighted by Crippen LogP contribution is -2.63. The van der Waals surface area contributed by atoms with Crippen LogP contribution in [0.25, 0.3) is 0 Å². The molecule has 0 radical (unpaired) electrons. The molecule has 2 amide bonds. The molecule has 0 aromatic carbocycles. The fourth-order valence-electron chi connectivity index (χ4n) is 2.79. The van der Waals surface area contributed by atoms with Gasteiger partial charge in [-0.05, 0) is 12.8 Å². The molecule has 2 aliphatic rings. The second kappa shape index (κ2) is 2.61. The Kier molecular flexibility index (Phi) is 1.77. The van der Waals surface area contributed by atoms with Gasteiger partial charge in [0, 0.05) is 38.6 Å². The maximum absolute atomic E-state index is 11.5. The van der Waals surface area contributed by atoms with Crippen molar-refractivity contribution < 1.29 is 4.79 Å². The van der Waals surface area contributed by atoms with Crippen molar-refractivity contribution in [2.45, 2.75) is 18.9 Å². The van der Waals surface area contributed by atoms with Crippen molar-refractivity contribution in [3.8, 4) is 0 Å². The first-order chi connectivity index (χ1) is 6.02. The van der Waals surface area contributed by atoms with Crippen LogP contribution in [0.2, 0.25) is 0 Å². The first kappa shape index (κ1) is 8.81. The summed E-state index contributed by atoms with van der Waals surface area (Å²) in [6.07, 6.45) is 2.13. The SMILES string of the molecule is CN1CC2(CC(N)C2)CN(C)C1=O. The molecule has 0 unspecified atom stereocenters. The third kappa shape index (κ3) is 1.29. The number of rotatable bonds is 0. The fraction of sp³-hybridized carbons (Fsp3) is 0.889. The molecule has 1 heterocycles.